The zero-order valence-electron chi connectivity index (χ0n) is 36.0. The van der Waals surface area contributed by atoms with Gasteiger partial charge < -0.3 is 39.5 Å². The molecule has 3 rings (SSSR count). The fourth-order valence-corrected chi connectivity index (χ4v) is 6.63. The Kier molecular flexibility index (Phi) is 18.2. The molecule has 0 heterocycles. The molecule has 0 aromatic heterocycles. The first kappa shape index (κ1) is 47.7. The molecule has 0 aliphatic carbocycles. The van der Waals surface area contributed by atoms with Crippen LogP contribution >= 0.6 is 0 Å². The average molecular weight is 819 g/mol. The molecule has 59 heavy (non-hydrogen) atoms. The smallest absolute Gasteiger partial charge is 0.328 e. The van der Waals surface area contributed by atoms with Crippen molar-refractivity contribution in [1.82, 2.24) is 20.0 Å². The second-order valence-corrected chi connectivity index (χ2v) is 15.5. The quantitative estimate of drug-likeness (QED) is 0.130. The van der Waals surface area contributed by atoms with Crippen molar-refractivity contribution in [2.24, 2.45) is 11.8 Å². The number of aryl methyl sites for hydroxylation is 1. The highest BCUT2D eigenvalue weighted by Gasteiger charge is 2.40. The number of carbonyl (C=O) groups is 5. The molecule has 0 aliphatic heterocycles. The summed E-state index contributed by atoms with van der Waals surface area (Å²) in [5.41, 5.74) is 2.33. The Balaban J connectivity index is 1.90. The monoisotopic (exact) mass is 818 g/mol. The highest BCUT2D eigenvalue weighted by atomic mass is 16.6. The van der Waals surface area contributed by atoms with Gasteiger partial charge in [-0.2, -0.15) is 0 Å². The van der Waals surface area contributed by atoms with E-state index in [-0.39, 0.29) is 24.3 Å². The van der Waals surface area contributed by atoms with Crippen molar-refractivity contribution in [2.45, 2.75) is 90.1 Å². The lowest BCUT2D eigenvalue weighted by Gasteiger charge is -2.36. The van der Waals surface area contributed by atoms with Gasteiger partial charge in [-0.3, -0.25) is 24.1 Å². The van der Waals surface area contributed by atoms with Crippen molar-refractivity contribution in [2.75, 3.05) is 42.4 Å². The van der Waals surface area contributed by atoms with Crippen molar-refractivity contribution >= 4 is 29.7 Å². The zero-order chi connectivity index (χ0) is 44.0. The number of carbonyl (C=O) groups excluding carboxylic acids is 5. The van der Waals surface area contributed by atoms with E-state index in [1.54, 1.807) is 83.3 Å². The molecule has 6 atom stereocenters. The van der Waals surface area contributed by atoms with Crippen LogP contribution in [0.1, 0.15) is 57.2 Å². The molecule has 0 bridgehead atoms. The third kappa shape index (κ3) is 13.5. The number of esters is 2. The molecule has 0 radical (unpaired) electrons. The maximum absolute atomic E-state index is 14.5. The van der Waals surface area contributed by atoms with Gasteiger partial charge in [-0.1, -0.05) is 64.1 Å². The van der Waals surface area contributed by atoms with Gasteiger partial charge >= 0.3 is 11.9 Å². The summed E-state index contributed by atoms with van der Waals surface area (Å²) in [6.45, 7) is 7.20. The molecule has 14 nitrogen and oxygen atoms in total. The maximum Gasteiger partial charge on any atom is 0.328 e. The third-order valence-corrected chi connectivity index (χ3v) is 10.8. The Hall–Kier alpha value is -5.63. The van der Waals surface area contributed by atoms with Gasteiger partial charge in [0.2, 0.25) is 11.8 Å². The van der Waals surface area contributed by atoms with Gasteiger partial charge in [0.15, 0.2) is 6.10 Å². The summed E-state index contributed by atoms with van der Waals surface area (Å²) in [7, 11) is 9.27. The number of methoxy groups -OCH3 is 2. The lowest BCUT2D eigenvalue weighted by molar-refractivity contribution is -0.164. The maximum atomic E-state index is 14.5. The molecule has 0 fully saturated rings. The van der Waals surface area contributed by atoms with Gasteiger partial charge in [-0.25, -0.2) is 4.79 Å². The van der Waals surface area contributed by atoms with E-state index < -0.39 is 71.8 Å². The topological polar surface area (TPSA) is 175 Å². The van der Waals surface area contributed by atoms with E-state index in [0.29, 0.717) is 30.6 Å². The number of phenolic OH excluding ortho intramolecular Hbond substituents is 2. The number of amides is 3. The summed E-state index contributed by atoms with van der Waals surface area (Å²) in [4.78, 5) is 74.3. The minimum atomic E-state index is -1.22. The van der Waals surface area contributed by atoms with Crippen LogP contribution in [-0.2, 0) is 52.7 Å². The molecule has 14 heteroatoms. The van der Waals surface area contributed by atoms with Gasteiger partial charge in [0.25, 0.3) is 5.91 Å². The normalized spacial score (nSPS) is 14.3. The molecular formula is C45H62N4O10. The second kappa shape index (κ2) is 22.5. The molecule has 0 spiro atoms. The molecule has 0 saturated heterocycles. The molecule has 0 aliphatic rings. The number of nitrogens with one attached hydrogen (secondary N) is 1. The number of rotatable bonds is 21. The van der Waals surface area contributed by atoms with Gasteiger partial charge in [-0.15, -0.1) is 0 Å². The number of hydrogen-bond donors (Lipinski definition) is 3. The Morgan fingerprint density at radius 3 is 1.63 bits per heavy atom. The highest BCUT2D eigenvalue weighted by Crippen LogP contribution is 2.22. The molecular weight excluding hydrogens is 757 g/mol. The van der Waals surface area contributed by atoms with Crippen molar-refractivity contribution in [3.8, 4) is 17.2 Å². The van der Waals surface area contributed by atoms with E-state index in [2.05, 4.69) is 5.32 Å². The summed E-state index contributed by atoms with van der Waals surface area (Å²) in [5.74, 6) is -3.06. The number of hydrogen-bond acceptors (Lipinski definition) is 11. The van der Waals surface area contributed by atoms with Gasteiger partial charge in [0.1, 0.15) is 41.4 Å². The van der Waals surface area contributed by atoms with Gasteiger partial charge in [-0.05, 0) is 98.8 Å². The molecule has 3 aromatic rings. The van der Waals surface area contributed by atoms with Crippen LogP contribution in [-0.4, -0.2) is 127 Å². The predicted octanol–water partition coefficient (Wildman–Crippen LogP) is 4.38. The minimum absolute atomic E-state index is 0.0174. The van der Waals surface area contributed by atoms with Crippen LogP contribution in [0.3, 0.4) is 0 Å². The Morgan fingerprint density at radius 2 is 1.15 bits per heavy atom. The zero-order valence-corrected chi connectivity index (χ0v) is 36.0. The molecule has 322 valence electrons. The number of phenols is 2. The molecule has 0 saturated carbocycles. The molecule has 3 amide bonds. The summed E-state index contributed by atoms with van der Waals surface area (Å²) in [6.07, 6.45) is 0.193. The number of nitrogens with zero attached hydrogens (tertiary/aromatic N) is 3. The predicted molar refractivity (Wildman–Crippen MR) is 224 cm³/mol. The Morgan fingerprint density at radius 1 is 0.661 bits per heavy atom. The summed E-state index contributed by atoms with van der Waals surface area (Å²) in [6, 6.07) is 16.1. The number of ether oxygens (including phenoxy) is 3. The summed E-state index contributed by atoms with van der Waals surface area (Å²) < 4.78 is 16.3. The first-order valence-corrected chi connectivity index (χ1v) is 19.9. The number of aromatic hydroxyl groups is 2. The van der Waals surface area contributed by atoms with Crippen molar-refractivity contribution in [3.63, 3.8) is 0 Å². The second-order valence-electron chi connectivity index (χ2n) is 15.5. The summed E-state index contributed by atoms with van der Waals surface area (Å²) >= 11 is 0. The number of likely N-dealkylation sites (N-methyl/N-ethyl adjacent to an activating group) is 3. The van der Waals surface area contributed by atoms with E-state index in [0.717, 1.165) is 11.1 Å². The minimum Gasteiger partial charge on any atom is -0.508 e. The van der Waals surface area contributed by atoms with Crippen LogP contribution in [0, 0.1) is 11.8 Å². The Labute approximate surface area is 348 Å². The third-order valence-electron chi connectivity index (χ3n) is 10.8. The van der Waals surface area contributed by atoms with Crippen LogP contribution in [0.2, 0.25) is 0 Å². The lowest BCUT2D eigenvalue weighted by atomic mass is 9.96. The standard InChI is InChI=1S/C45H62N4O10/c1-11-29(4)40(59-45(56)38(47(5)6)27-32-16-23-35(57-9)24-17-32)41(52)46-39(28(2)3)43(54)49(8)37(26-31-14-21-34(51)22-15-31)42(53)48(7)36(44(55)58-10)25-18-30-12-19-33(50)20-13-30/h12-17,19-24,28-29,36-40,50-51H,11,18,25-27H2,1-10H3,(H,46,52)/t29-,36+,37+,38-,39-,40-/m0/s1. The molecule has 3 aromatic carbocycles. The number of benzene rings is 3. The lowest BCUT2D eigenvalue weighted by Crippen LogP contribution is -2.59. The Bertz CT molecular complexity index is 1830. The van der Waals surface area contributed by atoms with E-state index in [1.165, 1.54) is 55.3 Å². The largest absolute Gasteiger partial charge is 0.508 e. The van der Waals surface area contributed by atoms with Crippen LogP contribution in [0.5, 0.6) is 17.2 Å². The molecule has 0 unspecified atom stereocenters. The van der Waals surface area contributed by atoms with E-state index in [1.807, 2.05) is 19.1 Å². The van der Waals surface area contributed by atoms with Crippen LogP contribution in [0.15, 0.2) is 72.8 Å². The van der Waals surface area contributed by atoms with Crippen molar-refractivity contribution < 1.29 is 48.4 Å². The van der Waals surface area contributed by atoms with Gasteiger partial charge in [0.05, 0.1) is 14.2 Å². The highest BCUT2D eigenvalue weighted by molar-refractivity contribution is 5.95. The van der Waals surface area contributed by atoms with Crippen molar-refractivity contribution in [3.05, 3.63) is 89.5 Å². The van der Waals surface area contributed by atoms with Crippen molar-refractivity contribution in [1.29, 1.82) is 0 Å². The fourth-order valence-electron chi connectivity index (χ4n) is 6.63. The molecule has 3 N–H and O–H groups in total. The van der Waals surface area contributed by atoms with Crippen LogP contribution in [0.25, 0.3) is 0 Å². The van der Waals surface area contributed by atoms with Crippen LogP contribution in [0.4, 0.5) is 0 Å². The van der Waals surface area contributed by atoms with Gasteiger partial charge in [0, 0.05) is 26.4 Å². The first-order valence-electron chi connectivity index (χ1n) is 19.9. The first-order chi connectivity index (χ1) is 27.9. The SMILES string of the molecule is CC[C@H](C)[C@H](OC(=O)[C@H](Cc1ccc(OC)cc1)N(C)C)C(=O)N[C@H](C(=O)N(C)[C@H](Cc1ccc(O)cc1)C(=O)N(C)[C@H](CCc1ccc(O)cc1)C(=O)OC)C(C)C. The average Bonchev–Trinajstić information content (AvgIpc) is 3.22. The van der Waals surface area contributed by atoms with E-state index >= 15 is 0 Å². The summed E-state index contributed by atoms with van der Waals surface area (Å²) in [5, 5.41) is 22.5. The van der Waals surface area contributed by atoms with Crippen LogP contribution < -0.4 is 10.1 Å². The fraction of sp³-hybridized carbons (Fsp3) is 0.489. The van der Waals surface area contributed by atoms with E-state index in [4.69, 9.17) is 14.2 Å². The van der Waals surface area contributed by atoms with E-state index in [9.17, 15) is 34.2 Å².